The molecule has 2 atom stereocenters. The topological polar surface area (TPSA) is 81.1 Å². The summed E-state index contributed by atoms with van der Waals surface area (Å²) < 4.78 is 0. The van der Waals surface area contributed by atoms with Crippen LogP contribution >= 0.6 is 11.8 Å². The third kappa shape index (κ3) is 2.72. The average molecular weight is 265 g/mol. The van der Waals surface area contributed by atoms with Crippen LogP contribution in [0.4, 0.5) is 11.4 Å². The molecule has 2 unspecified atom stereocenters. The minimum Gasteiger partial charge on any atom is -0.396 e. The number of hydrogen-bond donors (Lipinski definition) is 3. The Balaban J connectivity index is 2.10. The lowest BCUT2D eigenvalue weighted by Gasteiger charge is -2.17. The lowest BCUT2D eigenvalue weighted by molar-refractivity contribution is 0.100. The van der Waals surface area contributed by atoms with E-state index in [0.717, 1.165) is 23.8 Å². The van der Waals surface area contributed by atoms with Gasteiger partial charge in [0.2, 0.25) is 0 Å². The van der Waals surface area contributed by atoms with Crippen LogP contribution in [0.3, 0.4) is 0 Å². The number of rotatable bonds is 4. The molecule has 0 bridgehead atoms. The van der Waals surface area contributed by atoms with Crippen molar-refractivity contribution in [3.05, 3.63) is 23.8 Å². The predicted molar refractivity (Wildman–Crippen MR) is 77.9 cm³/mol. The number of amides is 1. The molecule has 0 saturated heterocycles. The molecule has 1 aromatic rings. The first-order valence-corrected chi connectivity index (χ1v) is 7.38. The number of benzene rings is 1. The van der Waals surface area contributed by atoms with E-state index in [0.29, 0.717) is 17.3 Å². The van der Waals surface area contributed by atoms with E-state index in [4.69, 9.17) is 11.5 Å². The van der Waals surface area contributed by atoms with Gasteiger partial charge < -0.3 is 16.8 Å². The van der Waals surface area contributed by atoms with Crippen LogP contribution in [0.15, 0.2) is 18.2 Å². The Kier molecular flexibility index (Phi) is 4.01. The van der Waals surface area contributed by atoms with Gasteiger partial charge in [-0.15, -0.1) is 0 Å². The van der Waals surface area contributed by atoms with E-state index in [1.807, 2.05) is 17.8 Å². The lowest BCUT2D eigenvalue weighted by atomic mass is 10.1. The van der Waals surface area contributed by atoms with Crippen LogP contribution in [0, 0.1) is 0 Å². The maximum Gasteiger partial charge on any atom is 0.250 e. The fraction of sp³-hybridized carbons (Fsp3) is 0.462. The van der Waals surface area contributed by atoms with Gasteiger partial charge in [0, 0.05) is 11.3 Å². The first-order valence-electron chi connectivity index (χ1n) is 6.09. The summed E-state index contributed by atoms with van der Waals surface area (Å²) in [6.07, 6.45) is 5.66. The van der Waals surface area contributed by atoms with E-state index in [1.165, 1.54) is 6.42 Å². The van der Waals surface area contributed by atoms with Crippen LogP contribution in [0.25, 0.3) is 0 Å². The van der Waals surface area contributed by atoms with Crippen molar-refractivity contribution in [3.63, 3.8) is 0 Å². The fourth-order valence-electron chi connectivity index (χ4n) is 2.41. The second kappa shape index (κ2) is 5.52. The Labute approximate surface area is 111 Å². The van der Waals surface area contributed by atoms with Crippen molar-refractivity contribution in [2.45, 2.75) is 30.6 Å². The van der Waals surface area contributed by atoms with E-state index in [-0.39, 0.29) is 0 Å². The maximum atomic E-state index is 11.2. The quantitative estimate of drug-likeness (QED) is 0.728. The molecule has 98 valence electrons. The van der Waals surface area contributed by atoms with Crippen LogP contribution in [-0.2, 0) is 0 Å². The average Bonchev–Trinajstić information content (AvgIpc) is 2.79. The zero-order valence-electron chi connectivity index (χ0n) is 10.5. The van der Waals surface area contributed by atoms with Gasteiger partial charge in [0.25, 0.3) is 5.91 Å². The molecular formula is C13H19N3OS. The number of nitrogens with one attached hydrogen (secondary N) is 1. The molecule has 1 aromatic carbocycles. The summed E-state index contributed by atoms with van der Waals surface area (Å²) in [7, 11) is 0. The molecule has 0 aromatic heterocycles. The molecule has 0 heterocycles. The molecule has 2 rings (SSSR count). The van der Waals surface area contributed by atoms with Gasteiger partial charge in [-0.25, -0.2) is 0 Å². The highest BCUT2D eigenvalue weighted by atomic mass is 32.2. The highest BCUT2D eigenvalue weighted by Crippen LogP contribution is 2.32. The van der Waals surface area contributed by atoms with Gasteiger partial charge in [-0.1, -0.05) is 6.07 Å². The Morgan fingerprint density at radius 2 is 2.22 bits per heavy atom. The van der Waals surface area contributed by atoms with E-state index in [9.17, 15) is 4.79 Å². The number of anilines is 2. The number of thioether (sulfide) groups is 1. The van der Waals surface area contributed by atoms with Crippen LogP contribution in [0.2, 0.25) is 0 Å². The SMILES string of the molecule is CSC1CCC(Nc2cccc(C(N)=O)c2N)C1. The normalized spacial score (nSPS) is 22.9. The monoisotopic (exact) mass is 265 g/mol. The molecule has 18 heavy (non-hydrogen) atoms. The molecule has 0 aliphatic heterocycles. The molecular weight excluding hydrogens is 246 g/mol. The summed E-state index contributed by atoms with van der Waals surface area (Å²) in [6.45, 7) is 0. The van der Waals surface area contributed by atoms with Crippen LogP contribution in [-0.4, -0.2) is 23.5 Å². The summed E-state index contributed by atoms with van der Waals surface area (Å²) in [6, 6.07) is 5.80. The minimum atomic E-state index is -0.482. The van der Waals surface area contributed by atoms with Gasteiger partial charge in [-0.05, 0) is 37.7 Å². The van der Waals surface area contributed by atoms with Crippen molar-refractivity contribution in [3.8, 4) is 0 Å². The molecule has 1 amide bonds. The summed E-state index contributed by atoms with van der Waals surface area (Å²) in [5.41, 5.74) is 12.9. The van der Waals surface area contributed by atoms with Gasteiger partial charge in [0.05, 0.1) is 16.9 Å². The molecule has 0 spiro atoms. The maximum absolute atomic E-state index is 11.2. The Bertz CT molecular complexity index is 450. The van der Waals surface area contributed by atoms with Crippen LogP contribution < -0.4 is 16.8 Å². The number of nitrogen functional groups attached to an aromatic ring is 1. The smallest absolute Gasteiger partial charge is 0.250 e. The lowest BCUT2D eigenvalue weighted by Crippen LogP contribution is -2.19. The number of primary amides is 1. The standard InChI is InChI=1S/C13H19N3OS/c1-18-9-6-5-8(7-9)16-11-4-2-3-10(12(11)14)13(15)17/h2-4,8-9,16H,5-7,14H2,1H3,(H2,15,17). The molecule has 1 aliphatic carbocycles. The van der Waals surface area contributed by atoms with Crippen molar-refractivity contribution >= 4 is 29.0 Å². The predicted octanol–water partition coefficient (Wildman–Crippen LogP) is 2.06. The first kappa shape index (κ1) is 13.1. The Morgan fingerprint density at radius 3 is 2.83 bits per heavy atom. The number of carbonyl (C=O) groups excluding carboxylic acids is 1. The number of para-hydroxylation sites is 1. The molecule has 4 nitrogen and oxygen atoms in total. The van der Waals surface area contributed by atoms with Crippen molar-refractivity contribution in [2.24, 2.45) is 5.73 Å². The van der Waals surface area contributed by atoms with E-state index in [1.54, 1.807) is 12.1 Å². The molecule has 5 N–H and O–H groups in total. The third-order valence-electron chi connectivity index (χ3n) is 3.45. The Hall–Kier alpha value is -1.36. The van der Waals surface area contributed by atoms with E-state index in [2.05, 4.69) is 11.6 Å². The van der Waals surface area contributed by atoms with Crippen LogP contribution in [0.1, 0.15) is 29.6 Å². The fourth-order valence-corrected chi connectivity index (χ4v) is 3.21. The van der Waals surface area contributed by atoms with Crippen molar-refractivity contribution < 1.29 is 4.79 Å². The summed E-state index contributed by atoms with van der Waals surface area (Å²) >= 11 is 1.91. The van der Waals surface area contributed by atoms with Crippen molar-refractivity contribution in [1.29, 1.82) is 0 Å². The molecule has 1 aliphatic rings. The zero-order valence-corrected chi connectivity index (χ0v) is 11.3. The van der Waals surface area contributed by atoms with Gasteiger partial charge in [-0.2, -0.15) is 11.8 Å². The number of hydrogen-bond acceptors (Lipinski definition) is 4. The number of nitrogens with two attached hydrogens (primary N) is 2. The van der Waals surface area contributed by atoms with Crippen LogP contribution in [0.5, 0.6) is 0 Å². The van der Waals surface area contributed by atoms with Crippen molar-refractivity contribution in [1.82, 2.24) is 0 Å². The first-order chi connectivity index (χ1) is 8.61. The van der Waals surface area contributed by atoms with E-state index < -0.39 is 5.91 Å². The molecule has 0 radical (unpaired) electrons. The number of carbonyl (C=O) groups is 1. The van der Waals surface area contributed by atoms with Gasteiger partial charge in [0.15, 0.2) is 0 Å². The molecule has 5 heteroatoms. The van der Waals surface area contributed by atoms with Gasteiger partial charge >= 0.3 is 0 Å². The largest absolute Gasteiger partial charge is 0.396 e. The summed E-state index contributed by atoms with van der Waals surface area (Å²) in [5.74, 6) is -0.482. The molecule has 1 saturated carbocycles. The summed E-state index contributed by atoms with van der Waals surface area (Å²) in [4.78, 5) is 11.2. The second-order valence-corrected chi connectivity index (χ2v) is 5.78. The highest BCUT2D eigenvalue weighted by molar-refractivity contribution is 7.99. The Morgan fingerprint density at radius 1 is 1.44 bits per heavy atom. The van der Waals surface area contributed by atoms with E-state index >= 15 is 0 Å². The second-order valence-electron chi connectivity index (χ2n) is 4.64. The zero-order chi connectivity index (χ0) is 13.1. The summed E-state index contributed by atoms with van der Waals surface area (Å²) in [5, 5.41) is 4.15. The van der Waals surface area contributed by atoms with Crippen molar-refractivity contribution in [2.75, 3.05) is 17.3 Å². The van der Waals surface area contributed by atoms with Gasteiger partial charge in [-0.3, -0.25) is 4.79 Å². The highest BCUT2D eigenvalue weighted by Gasteiger charge is 2.24. The van der Waals surface area contributed by atoms with Gasteiger partial charge in [0.1, 0.15) is 0 Å². The molecule has 1 fully saturated rings. The minimum absolute atomic E-state index is 0.388. The third-order valence-corrected chi connectivity index (χ3v) is 4.54.